The molecule has 110 valence electrons. The van der Waals surface area contributed by atoms with E-state index in [4.69, 9.17) is 9.57 Å². The first-order valence-corrected chi connectivity index (χ1v) is 6.60. The lowest BCUT2D eigenvalue weighted by Gasteiger charge is -2.08. The van der Waals surface area contributed by atoms with Crippen molar-refractivity contribution in [1.82, 2.24) is 10.8 Å². The highest BCUT2D eigenvalue weighted by Gasteiger charge is 2.01. The number of methoxy groups -OCH3 is 1. The minimum atomic E-state index is -0.373. The highest BCUT2D eigenvalue weighted by molar-refractivity contribution is 5.72. The van der Waals surface area contributed by atoms with Gasteiger partial charge in [-0.2, -0.15) is 0 Å². The van der Waals surface area contributed by atoms with Gasteiger partial charge in [0.25, 0.3) is 0 Å². The number of hydrogen-bond acceptors (Lipinski definition) is 3. The van der Waals surface area contributed by atoms with Crippen molar-refractivity contribution in [2.24, 2.45) is 0 Å². The molecule has 0 saturated heterocycles. The minimum Gasteiger partial charge on any atom is -0.497 e. The van der Waals surface area contributed by atoms with Crippen LogP contribution >= 0.6 is 0 Å². The molecule has 0 saturated carbocycles. The summed E-state index contributed by atoms with van der Waals surface area (Å²) in [5.41, 5.74) is 4.32. The molecule has 0 aliphatic carbocycles. The summed E-state index contributed by atoms with van der Waals surface area (Å²) < 4.78 is 5.07. The zero-order valence-corrected chi connectivity index (χ0v) is 11.8. The number of hydrogen-bond donors (Lipinski definition) is 2. The summed E-state index contributed by atoms with van der Waals surface area (Å²) in [6.07, 6.45) is 0. The van der Waals surface area contributed by atoms with Crippen LogP contribution in [0.3, 0.4) is 0 Å². The van der Waals surface area contributed by atoms with Gasteiger partial charge < -0.3 is 10.1 Å². The third-order valence-corrected chi connectivity index (χ3v) is 2.86. The summed E-state index contributed by atoms with van der Waals surface area (Å²) >= 11 is 0. The smallest absolute Gasteiger partial charge is 0.338 e. The summed E-state index contributed by atoms with van der Waals surface area (Å²) in [5.74, 6) is 0.786. The molecular weight excluding hydrogens is 268 g/mol. The van der Waals surface area contributed by atoms with Gasteiger partial charge in [0, 0.05) is 6.54 Å². The number of nitrogens with one attached hydrogen (secondary N) is 2. The molecule has 0 spiro atoms. The Kier molecular flexibility index (Phi) is 5.60. The fourth-order valence-corrected chi connectivity index (χ4v) is 1.72. The van der Waals surface area contributed by atoms with E-state index in [1.807, 2.05) is 54.6 Å². The Morgan fingerprint density at radius 3 is 2.38 bits per heavy atom. The van der Waals surface area contributed by atoms with Crippen molar-refractivity contribution in [3.05, 3.63) is 65.7 Å². The van der Waals surface area contributed by atoms with Crippen molar-refractivity contribution in [2.45, 2.75) is 13.2 Å². The van der Waals surface area contributed by atoms with E-state index in [0.717, 1.165) is 16.9 Å². The van der Waals surface area contributed by atoms with Gasteiger partial charge in [-0.1, -0.05) is 42.5 Å². The maximum Gasteiger partial charge on any atom is 0.338 e. The number of benzene rings is 2. The van der Waals surface area contributed by atoms with Gasteiger partial charge in [0.1, 0.15) is 5.75 Å². The second-order valence-corrected chi connectivity index (χ2v) is 4.41. The van der Waals surface area contributed by atoms with Crippen molar-refractivity contribution < 1.29 is 14.4 Å². The van der Waals surface area contributed by atoms with Gasteiger partial charge in [0.15, 0.2) is 0 Å². The number of carbonyl (C=O) groups is 1. The molecule has 0 atom stereocenters. The van der Waals surface area contributed by atoms with Crippen LogP contribution in [0.1, 0.15) is 11.1 Å². The highest BCUT2D eigenvalue weighted by Crippen LogP contribution is 2.10. The third-order valence-electron chi connectivity index (χ3n) is 2.86. The first-order valence-electron chi connectivity index (χ1n) is 6.60. The van der Waals surface area contributed by atoms with E-state index >= 15 is 0 Å². The van der Waals surface area contributed by atoms with Gasteiger partial charge in [-0.3, -0.25) is 4.84 Å². The average Bonchev–Trinajstić information content (AvgIpc) is 2.54. The normalized spacial score (nSPS) is 9.95. The van der Waals surface area contributed by atoms with Crippen LogP contribution in [0, 0.1) is 0 Å². The molecule has 0 fully saturated rings. The molecule has 2 aromatic carbocycles. The molecule has 2 N–H and O–H groups in total. The molecule has 2 amide bonds. The second kappa shape index (κ2) is 7.91. The van der Waals surface area contributed by atoms with Crippen molar-refractivity contribution in [3.63, 3.8) is 0 Å². The maximum absolute atomic E-state index is 11.6. The lowest BCUT2D eigenvalue weighted by atomic mass is 10.2. The molecular formula is C16H18N2O3. The Morgan fingerprint density at radius 1 is 1.00 bits per heavy atom. The largest absolute Gasteiger partial charge is 0.497 e. The van der Waals surface area contributed by atoms with Gasteiger partial charge in [-0.15, -0.1) is 0 Å². The van der Waals surface area contributed by atoms with Crippen LogP contribution in [0.5, 0.6) is 5.75 Å². The van der Waals surface area contributed by atoms with Crippen LogP contribution in [-0.2, 0) is 18.0 Å². The number of rotatable bonds is 6. The first kappa shape index (κ1) is 14.9. The molecule has 0 aliphatic heterocycles. The van der Waals surface area contributed by atoms with Crippen LogP contribution < -0.4 is 15.5 Å². The minimum absolute atomic E-state index is 0.330. The van der Waals surface area contributed by atoms with Crippen LogP contribution in [0.2, 0.25) is 0 Å². The molecule has 2 rings (SSSR count). The molecule has 0 aromatic heterocycles. The maximum atomic E-state index is 11.6. The van der Waals surface area contributed by atoms with Crippen molar-refractivity contribution in [3.8, 4) is 5.75 Å². The first-order chi connectivity index (χ1) is 10.3. The van der Waals surface area contributed by atoms with Gasteiger partial charge in [0.05, 0.1) is 13.7 Å². The fourth-order valence-electron chi connectivity index (χ4n) is 1.72. The highest BCUT2D eigenvalue weighted by atomic mass is 16.7. The Morgan fingerprint density at radius 2 is 1.71 bits per heavy atom. The number of ether oxygens (including phenoxy) is 1. The number of hydroxylamine groups is 1. The molecule has 0 unspecified atom stereocenters. The summed E-state index contributed by atoms with van der Waals surface area (Å²) in [6.45, 7) is 0.751. The Balaban J connectivity index is 1.67. The number of amides is 2. The van der Waals surface area contributed by atoms with E-state index in [9.17, 15) is 4.79 Å². The molecule has 5 heteroatoms. The summed E-state index contributed by atoms with van der Waals surface area (Å²) in [6, 6.07) is 16.7. The predicted molar refractivity (Wildman–Crippen MR) is 79.6 cm³/mol. The van der Waals surface area contributed by atoms with Crippen molar-refractivity contribution in [1.29, 1.82) is 0 Å². The zero-order valence-electron chi connectivity index (χ0n) is 11.8. The molecule has 5 nitrogen and oxygen atoms in total. The van der Waals surface area contributed by atoms with Crippen LogP contribution in [0.4, 0.5) is 4.79 Å². The molecule has 21 heavy (non-hydrogen) atoms. The number of urea groups is 1. The van der Waals surface area contributed by atoms with E-state index in [-0.39, 0.29) is 6.03 Å². The van der Waals surface area contributed by atoms with Crippen molar-refractivity contribution >= 4 is 6.03 Å². The second-order valence-electron chi connectivity index (χ2n) is 4.41. The Hall–Kier alpha value is -2.53. The van der Waals surface area contributed by atoms with E-state index in [1.54, 1.807) is 7.11 Å². The van der Waals surface area contributed by atoms with E-state index < -0.39 is 0 Å². The van der Waals surface area contributed by atoms with Gasteiger partial charge in [0.2, 0.25) is 0 Å². The monoisotopic (exact) mass is 286 g/mol. The lowest BCUT2D eigenvalue weighted by molar-refractivity contribution is 0.0490. The third kappa shape index (κ3) is 5.16. The molecule has 0 heterocycles. The number of carbonyl (C=O) groups excluding carboxylic acids is 1. The van der Waals surface area contributed by atoms with Gasteiger partial charge in [-0.25, -0.2) is 10.3 Å². The van der Waals surface area contributed by atoms with Crippen LogP contribution in [-0.4, -0.2) is 13.1 Å². The van der Waals surface area contributed by atoms with Crippen LogP contribution in [0.15, 0.2) is 54.6 Å². The van der Waals surface area contributed by atoms with Gasteiger partial charge in [-0.05, 0) is 23.3 Å². The SMILES string of the molecule is COc1ccc(CNC(=O)NOCc2ccccc2)cc1. The molecule has 0 aliphatic rings. The van der Waals surface area contributed by atoms with Gasteiger partial charge >= 0.3 is 6.03 Å². The average molecular weight is 286 g/mol. The molecule has 0 bridgehead atoms. The van der Waals surface area contributed by atoms with Crippen molar-refractivity contribution in [2.75, 3.05) is 7.11 Å². The summed E-state index contributed by atoms with van der Waals surface area (Å²) in [4.78, 5) is 16.7. The Bertz CT molecular complexity index is 555. The van der Waals surface area contributed by atoms with Crippen LogP contribution in [0.25, 0.3) is 0 Å². The molecule has 0 radical (unpaired) electrons. The predicted octanol–water partition coefficient (Wildman–Crippen LogP) is 2.63. The summed E-state index contributed by atoms with van der Waals surface area (Å²) in [7, 11) is 1.62. The van der Waals surface area contributed by atoms with E-state index in [1.165, 1.54) is 0 Å². The summed E-state index contributed by atoms with van der Waals surface area (Å²) in [5, 5.41) is 2.71. The van der Waals surface area contributed by atoms with E-state index in [2.05, 4.69) is 10.8 Å². The zero-order chi connectivity index (χ0) is 14.9. The topological polar surface area (TPSA) is 59.6 Å². The fraction of sp³-hybridized carbons (Fsp3) is 0.188. The standard InChI is InChI=1S/C16H18N2O3/c1-20-15-9-7-13(8-10-15)11-17-16(19)18-21-12-14-5-3-2-4-6-14/h2-10H,11-12H2,1H3,(H2,17,18,19). The lowest BCUT2D eigenvalue weighted by Crippen LogP contribution is -2.34. The quantitative estimate of drug-likeness (QED) is 0.803. The Labute approximate surface area is 123 Å². The molecule has 2 aromatic rings. The van der Waals surface area contributed by atoms with E-state index in [0.29, 0.717) is 13.2 Å².